The van der Waals surface area contributed by atoms with E-state index in [0.717, 1.165) is 32.8 Å². The monoisotopic (exact) mass is 223 g/mol. The Hall–Kier alpha value is -0.830. The molecule has 2 heterocycles. The maximum absolute atomic E-state index is 5.42. The van der Waals surface area contributed by atoms with Crippen molar-refractivity contribution in [2.45, 2.75) is 25.7 Å². The van der Waals surface area contributed by atoms with Crippen LogP contribution in [-0.2, 0) is 4.74 Å². The van der Waals surface area contributed by atoms with Gasteiger partial charge in [-0.05, 0) is 19.3 Å². The van der Waals surface area contributed by atoms with E-state index in [2.05, 4.69) is 16.1 Å². The van der Waals surface area contributed by atoms with Gasteiger partial charge in [0, 0.05) is 6.42 Å². The molecule has 2 rings (SSSR count). The molecule has 0 spiro atoms. The van der Waals surface area contributed by atoms with Gasteiger partial charge in [-0.3, -0.25) is 9.48 Å². The normalized spacial score (nSPS) is 23.1. The third kappa shape index (κ3) is 2.85. The molecule has 2 aliphatic rings. The molecule has 0 amide bonds. The highest BCUT2D eigenvalue weighted by molar-refractivity contribution is 5.78. The molecule has 2 aliphatic heterocycles. The molecule has 2 fully saturated rings. The lowest BCUT2D eigenvalue weighted by molar-refractivity contribution is -0.554. The fourth-order valence-electron chi connectivity index (χ4n) is 2.58. The molecule has 16 heavy (non-hydrogen) atoms. The molecule has 0 aromatic heterocycles. The Morgan fingerprint density at radius 1 is 1.25 bits per heavy atom. The number of morpholine rings is 1. The van der Waals surface area contributed by atoms with Crippen LogP contribution in [0.4, 0.5) is 0 Å². The summed E-state index contributed by atoms with van der Waals surface area (Å²) < 4.78 is 7.94. The molecule has 3 heteroatoms. The number of amidine groups is 1. The van der Waals surface area contributed by atoms with Crippen LogP contribution in [0.3, 0.4) is 0 Å². The Kier molecular flexibility index (Phi) is 4.40. The fourth-order valence-corrected chi connectivity index (χ4v) is 2.58. The zero-order chi connectivity index (χ0) is 11.2. The van der Waals surface area contributed by atoms with E-state index in [0.29, 0.717) is 0 Å². The van der Waals surface area contributed by atoms with Crippen molar-refractivity contribution < 1.29 is 9.31 Å². The summed E-state index contributed by atoms with van der Waals surface area (Å²) in [6.45, 7) is 9.93. The second kappa shape index (κ2) is 6.04. The van der Waals surface area contributed by atoms with Gasteiger partial charge in [0.25, 0.3) is 0 Å². The Labute approximate surface area is 98.4 Å². The summed E-state index contributed by atoms with van der Waals surface area (Å²) >= 11 is 0. The van der Waals surface area contributed by atoms with Crippen LogP contribution in [0.1, 0.15) is 25.7 Å². The van der Waals surface area contributed by atoms with Gasteiger partial charge in [-0.2, -0.15) is 0 Å². The molecule has 0 aromatic carbocycles. The van der Waals surface area contributed by atoms with Crippen molar-refractivity contribution >= 4 is 5.84 Å². The van der Waals surface area contributed by atoms with E-state index in [4.69, 9.17) is 4.74 Å². The second-order valence-corrected chi connectivity index (χ2v) is 4.56. The molecule has 0 N–H and O–H groups in total. The summed E-state index contributed by atoms with van der Waals surface area (Å²) in [7, 11) is 0. The van der Waals surface area contributed by atoms with Crippen LogP contribution >= 0.6 is 0 Å². The molecule has 0 aromatic rings. The van der Waals surface area contributed by atoms with Gasteiger partial charge < -0.3 is 4.74 Å². The molecule has 3 nitrogen and oxygen atoms in total. The van der Waals surface area contributed by atoms with Crippen LogP contribution in [0.15, 0.2) is 12.7 Å². The van der Waals surface area contributed by atoms with Crippen LogP contribution in [0, 0.1) is 0 Å². The predicted molar refractivity (Wildman–Crippen MR) is 66.1 cm³/mol. The van der Waals surface area contributed by atoms with Gasteiger partial charge in [0.1, 0.15) is 19.6 Å². The van der Waals surface area contributed by atoms with E-state index in [9.17, 15) is 0 Å². The van der Waals surface area contributed by atoms with Gasteiger partial charge in [0.2, 0.25) is 5.84 Å². The number of ether oxygens (including phenoxy) is 1. The van der Waals surface area contributed by atoms with Gasteiger partial charge in [0.05, 0.1) is 19.8 Å². The second-order valence-electron chi connectivity index (χ2n) is 4.56. The van der Waals surface area contributed by atoms with E-state index < -0.39 is 0 Å². The number of nitrogens with zero attached hydrogens (tertiary/aromatic N) is 2. The molecule has 0 aliphatic carbocycles. The van der Waals surface area contributed by atoms with Gasteiger partial charge in [-0.1, -0.05) is 12.7 Å². The van der Waals surface area contributed by atoms with Crippen LogP contribution in [0.5, 0.6) is 0 Å². The fraction of sp³-hybridized carbons (Fsp3) is 0.769. The third-order valence-corrected chi connectivity index (χ3v) is 3.42. The van der Waals surface area contributed by atoms with Crippen molar-refractivity contribution in [3.63, 3.8) is 0 Å². The van der Waals surface area contributed by atoms with Crippen LogP contribution < -0.4 is 0 Å². The van der Waals surface area contributed by atoms with E-state index in [1.54, 1.807) is 0 Å². The minimum atomic E-state index is 0.880. The highest BCUT2D eigenvalue weighted by Crippen LogP contribution is 2.13. The molecule has 90 valence electrons. The Morgan fingerprint density at radius 3 is 2.81 bits per heavy atom. The summed E-state index contributed by atoms with van der Waals surface area (Å²) in [5.74, 6) is 1.53. The molecule has 0 radical (unpaired) electrons. The SMILES string of the molecule is C=CCN1CCCCCC1=[N+]1CCOCC1. The quantitative estimate of drug-likeness (QED) is 0.520. The van der Waals surface area contributed by atoms with Crippen molar-refractivity contribution in [3.8, 4) is 0 Å². The summed E-state index contributed by atoms with van der Waals surface area (Å²) in [4.78, 5) is 2.51. The highest BCUT2D eigenvalue weighted by atomic mass is 16.5. The molecule has 0 saturated carbocycles. The third-order valence-electron chi connectivity index (χ3n) is 3.42. The van der Waals surface area contributed by atoms with E-state index in [-0.39, 0.29) is 0 Å². The Morgan fingerprint density at radius 2 is 2.06 bits per heavy atom. The molecular formula is C13H23N2O+. The summed E-state index contributed by atoms with van der Waals surface area (Å²) in [5, 5.41) is 0. The van der Waals surface area contributed by atoms with Crippen molar-refractivity contribution in [2.75, 3.05) is 39.4 Å². The topological polar surface area (TPSA) is 15.5 Å². The van der Waals surface area contributed by atoms with Gasteiger partial charge in [-0.15, -0.1) is 0 Å². The smallest absolute Gasteiger partial charge is 0.247 e. The van der Waals surface area contributed by atoms with Crippen molar-refractivity contribution in [1.82, 2.24) is 4.90 Å². The van der Waals surface area contributed by atoms with Crippen molar-refractivity contribution in [1.29, 1.82) is 0 Å². The first-order chi connectivity index (χ1) is 7.92. The lowest BCUT2D eigenvalue weighted by atomic mass is 10.2. The first-order valence-corrected chi connectivity index (χ1v) is 6.46. The van der Waals surface area contributed by atoms with Gasteiger partial charge in [-0.25, -0.2) is 0 Å². The average Bonchev–Trinajstić information content (AvgIpc) is 2.56. The number of rotatable bonds is 2. The summed E-state index contributed by atoms with van der Waals surface area (Å²) in [6, 6.07) is 0. The molecule has 0 atom stereocenters. The van der Waals surface area contributed by atoms with Crippen molar-refractivity contribution in [3.05, 3.63) is 12.7 Å². The molecule has 2 saturated heterocycles. The first kappa shape index (κ1) is 11.6. The molecule has 0 unspecified atom stereocenters. The largest absolute Gasteiger partial charge is 0.373 e. The number of hydrogen-bond acceptors (Lipinski definition) is 1. The number of hydrogen-bond donors (Lipinski definition) is 0. The highest BCUT2D eigenvalue weighted by Gasteiger charge is 2.24. The van der Waals surface area contributed by atoms with E-state index >= 15 is 0 Å². The Balaban J connectivity index is 2.14. The van der Waals surface area contributed by atoms with E-state index in [1.807, 2.05) is 6.08 Å². The lowest BCUT2D eigenvalue weighted by Crippen LogP contribution is -2.42. The van der Waals surface area contributed by atoms with Crippen molar-refractivity contribution in [2.24, 2.45) is 0 Å². The van der Waals surface area contributed by atoms with Crippen LogP contribution in [-0.4, -0.2) is 54.7 Å². The minimum Gasteiger partial charge on any atom is -0.373 e. The maximum atomic E-state index is 5.42. The zero-order valence-electron chi connectivity index (χ0n) is 10.2. The average molecular weight is 223 g/mol. The Bertz CT molecular complexity index is 265. The molecular weight excluding hydrogens is 200 g/mol. The maximum Gasteiger partial charge on any atom is 0.247 e. The summed E-state index contributed by atoms with van der Waals surface area (Å²) in [5.41, 5.74) is 0. The van der Waals surface area contributed by atoms with Crippen LogP contribution in [0.2, 0.25) is 0 Å². The standard InChI is InChI=1S/C13H23N2O/c1-2-7-14-8-5-3-4-6-13(14)15-9-11-16-12-10-15/h2H,1,3-12H2/q+1. The zero-order valence-corrected chi connectivity index (χ0v) is 10.2. The minimum absolute atomic E-state index is 0.880. The first-order valence-electron chi connectivity index (χ1n) is 6.46. The van der Waals surface area contributed by atoms with Gasteiger partial charge in [0.15, 0.2) is 0 Å². The molecule has 0 bridgehead atoms. The lowest BCUT2D eigenvalue weighted by Gasteiger charge is -2.22. The van der Waals surface area contributed by atoms with Crippen LogP contribution in [0.25, 0.3) is 0 Å². The number of likely N-dealkylation sites (tertiary alicyclic amines) is 1. The predicted octanol–water partition coefficient (Wildman–Crippen LogP) is 1.49. The summed E-state index contributed by atoms with van der Waals surface area (Å²) in [6.07, 6.45) is 7.27. The van der Waals surface area contributed by atoms with Gasteiger partial charge >= 0.3 is 0 Å². The van der Waals surface area contributed by atoms with E-state index in [1.165, 1.54) is 38.1 Å².